The van der Waals surface area contributed by atoms with Gasteiger partial charge in [-0.05, 0) is 42.7 Å². The fourth-order valence-electron chi connectivity index (χ4n) is 2.19. The van der Waals surface area contributed by atoms with Crippen molar-refractivity contribution in [2.24, 2.45) is 0 Å². The molecule has 6 heteroatoms. The maximum atomic E-state index is 12.2. The molecule has 0 aliphatic heterocycles. The Morgan fingerprint density at radius 3 is 2.35 bits per heavy atom. The Hall–Kier alpha value is -3.02. The fraction of sp³-hybridized carbons (Fsp3) is 0.300. The summed E-state index contributed by atoms with van der Waals surface area (Å²) in [6.45, 7) is 4.37. The van der Waals surface area contributed by atoms with Crippen molar-refractivity contribution < 1.29 is 19.1 Å². The first kappa shape index (κ1) is 19.3. The largest absolute Gasteiger partial charge is 0.493 e. The molecule has 0 saturated heterocycles. The van der Waals surface area contributed by atoms with Gasteiger partial charge in [0.1, 0.15) is 11.5 Å². The maximum absolute atomic E-state index is 12.2. The number of carbonyl (C=O) groups is 2. The van der Waals surface area contributed by atoms with E-state index in [1.807, 2.05) is 31.2 Å². The van der Waals surface area contributed by atoms with Gasteiger partial charge in [-0.25, -0.2) is 0 Å². The molecule has 0 atom stereocenters. The first-order valence-electron chi connectivity index (χ1n) is 8.66. The number of aryl methyl sites for hydroxylation is 1. The van der Waals surface area contributed by atoms with Crippen LogP contribution in [0.5, 0.6) is 11.5 Å². The smallest absolute Gasteiger partial charge is 0.276 e. The predicted molar refractivity (Wildman–Crippen MR) is 99.2 cm³/mol. The molecule has 0 aliphatic carbocycles. The zero-order chi connectivity index (χ0) is 18.8. The summed E-state index contributed by atoms with van der Waals surface area (Å²) < 4.78 is 10.9. The highest BCUT2D eigenvalue weighted by molar-refractivity contribution is 5.97. The third-order valence-electron chi connectivity index (χ3n) is 3.61. The van der Waals surface area contributed by atoms with Gasteiger partial charge in [0.05, 0.1) is 12.2 Å². The van der Waals surface area contributed by atoms with Gasteiger partial charge in [0.25, 0.3) is 11.8 Å². The number of hydrazine groups is 1. The second-order valence-corrected chi connectivity index (χ2v) is 5.63. The Bertz CT molecular complexity index is 729. The van der Waals surface area contributed by atoms with Gasteiger partial charge in [-0.2, -0.15) is 0 Å². The molecule has 2 amide bonds. The summed E-state index contributed by atoms with van der Waals surface area (Å²) in [5.41, 5.74) is 6.26. The van der Waals surface area contributed by atoms with Crippen LogP contribution >= 0.6 is 0 Å². The number of para-hydroxylation sites is 1. The molecule has 2 rings (SSSR count). The van der Waals surface area contributed by atoms with Crippen LogP contribution in [0.3, 0.4) is 0 Å². The van der Waals surface area contributed by atoms with Gasteiger partial charge in [-0.3, -0.25) is 20.4 Å². The average Bonchev–Trinajstić information content (AvgIpc) is 2.69. The standard InChI is InChI=1S/C20H24N2O4/c1-3-13-25-18-8-6-5-7-17(18)20(24)22-21-19(23)14-26-16-11-9-15(4-2)10-12-16/h5-12H,3-4,13-14H2,1-2H3,(H,21,23)(H,22,24). The number of ether oxygens (including phenoxy) is 2. The van der Waals surface area contributed by atoms with Crippen LogP contribution in [0.2, 0.25) is 0 Å². The maximum Gasteiger partial charge on any atom is 0.276 e. The molecular formula is C20H24N2O4. The zero-order valence-corrected chi connectivity index (χ0v) is 15.1. The molecule has 0 radical (unpaired) electrons. The summed E-state index contributed by atoms with van der Waals surface area (Å²) in [7, 11) is 0. The van der Waals surface area contributed by atoms with Crippen LogP contribution < -0.4 is 20.3 Å². The van der Waals surface area contributed by atoms with Gasteiger partial charge in [0.2, 0.25) is 0 Å². The van der Waals surface area contributed by atoms with Gasteiger partial charge in [0.15, 0.2) is 6.61 Å². The highest BCUT2D eigenvalue weighted by atomic mass is 16.5. The first-order valence-corrected chi connectivity index (χ1v) is 8.66. The number of nitrogens with one attached hydrogen (secondary N) is 2. The van der Waals surface area contributed by atoms with E-state index < -0.39 is 11.8 Å². The summed E-state index contributed by atoms with van der Waals surface area (Å²) >= 11 is 0. The monoisotopic (exact) mass is 356 g/mol. The summed E-state index contributed by atoms with van der Waals surface area (Å²) in [5, 5.41) is 0. The molecule has 26 heavy (non-hydrogen) atoms. The lowest BCUT2D eigenvalue weighted by molar-refractivity contribution is -0.123. The van der Waals surface area contributed by atoms with Gasteiger partial charge < -0.3 is 9.47 Å². The topological polar surface area (TPSA) is 76.7 Å². The lowest BCUT2D eigenvalue weighted by Gasteiger charge is -2.12. The van der Waals surface area contributed by atoms with E-state index in [1.54, 1.807) is 24.3 Å². The van der Waals surface area contributed by atoms with Crippen LogP contribution in [-0.4, -0.2) is 25.0 Å². The summed E-state index contributed by atoms with van der Waals surface area (Å²) in [6, 6.07) is 14.4. The van der Waals surface area contributed by atoms with Crippen LogP contribution in [0, 0.1) is 0 Å². The highest BCUT2D eigenvalue weighted by Gasteiger charge is 2.13. The van der Waals surface area contributed by atoms with Crippen LogP contribution in [0.15, 0.2) is 48.5 Å². The molecule has 6 nitrogen and oxygen atoms in total. The van der Waals surface area contributed by atoms with Crippen molar-refractivity contribution in [3.8, 4) is 11.5 Å². The number of carbonyl (C=O) groups excluding carboxylic acids is 2. The molecule has 0 bridgehead atoms. The number of hydrogen-bond donors (Lipinski definition) is 2. The number of amides is 2. The Morgan fingerprint density at radius 2 is 1.65 bits per heavy atom. The zero-order valence-electron chi connectivity index (χ0n) is 15.1. The number of rotatable bonds is 8. The Kier molecular flexibility index (Phi) is 7.49. The van der Waals surface area contributed by atoms with Crippen LogP contribution in [-0.2, 0) is 11.2 Å². The average molecular weight is 356 g/mol. The highest BCUT2D eigenvalue weighted by Crippen LogP contribution is 2.17. The van der Waals surface area contributed by atoms with Crippen LogP contribution in [0.4, 0.5) is 0 Å². The molecule has 0 aliphatic rings. The minimum absolute atomic E-state index is 0.195. The molecule has 0 fully saturated rings. The van der Waals surface area contributed by atoms with Gasteiger partial charge in [-0.15, -0.1) is 0 Å². The van der Waals surface area contributed by atoms with Crippen molar-refractivity contribution in [2.75, 3.05) is 13.2 Å². The molecule has 2 aromatic carbocycles. The predicted octanol–water partition coefficient (Wildman–Crippen LogP) is 2.88. The van der Waals surface area contributed by atoms with E-state index in [0.717, 1.165) is 12.8 Å². The summed E-state index contributed by atoms with van der Waals surface area (Å²) in [5.74, 6) is 0.178. The second kappa shape index (κ2) is 10.1. The minimum atomic E-state index is -0.454. The van der Waals surface area contributed by atoms with E-state index in [4.69, 9.17) is 9.47 Å². The number of hydrogen-bond acceptors (Lipinski definition) is 4. The van der Waals surface area contributed by atoms with E-state index in [9.17, 15) is 9.59 Å². The third kappa shape index (κ3) is 5.81. The normalized spacial score (nSPS) is 10.1. The molecule has 138 valence electrons. The van der Waals surface area contributed by atoms with Crippen molar-refractivity contribution in [3.05, 3.63) is 59.7 Å². The molecule has 0 saturated carbocycles. The van der Waals surface area contributed by atoms with E-state index in [0.29, 0.717) is 23.7 Å². The third-order valence-corrected chi connectivity index (χ3v) is 3.61. The number of benzene rings is 2. The Morgan fingerprint density at radius 1 is 0.923 bits per heavy atom. The SMILES string of the molecule is CCCOc1ccccc1C(=O)NNC(=O)COc1ccc(CC)cc1. The van der Waals surface area contributed by atoms with E-state index in [2.05, 4.69) is 17.8 Å². The van der Waals surface area contributed by atoms with Crippen molar-refractivity contribution in [3.63, 3.8) is 0 Å². The van der Waals surface area contributed by atoms with Crippen molar-refractivity contribution in [1.29, 1.82) is 0 Å². The molecule has 0 aromatic heterocycles. The van der Waals surface area contributed by atoms with E-state index in [-0.39, 0.29) is 6.61 Å². The molecule has 0 heterocycles. The van der Waals surface area contributed by atoms with Gasteiger partial charge in [0, 0.05) is 0 Å². The quantitative estimate of drug-likeness (QED) is 0.713. The van der Waals surface area contributed by atoms with E-state index in [1.165, 1.54) is 5.56 Å². The van der Waals surface area contributed by atoms with Crippen LogP contribution in [0.1, 0.15) is 36.2 Å². The lowest BCUT2D eigenvalue weighted by atomic mass is 10.2. The molecular weight excluding hydrogens is 332 g/mol. The molecule has 0 spiro atoms. The molecule has 0 unspecified atom stereocenters. The van der Waals surface area contributed by atoms with Gasteiger partial charge in [-0.1, -0.05) is 38.1 Å². The van der Waals surface area contributed by atoms with Crippen LogP contribution in [0.25, 0.3) is 0 Å². The molecule has 2 N–H and O–H groups in total. The second-order valence-electron chi connectivity index (χ2n) is 5.63. The lowest BCUT2D eigenvalue weighted by Crippen LogP contribution is -2.43. The Balaban J connectivity index is 1.82. The Labute approximate surface area is 153 Å². The van der Waals surface area contributed by atoms with Crippen molar-refractivity contribution >= 4 is 11.8 Å². The van der Waals surface area contributed by atoms with Gasteiger partial charge >= 0.3 is 0 Å². The minimum Gasteiger partial charge on any atom is -0.493 e. The van der Waals surface area contributed by atoms with Crippen molar-refractivity contribution in [1.82, 2.24) is 10.9 Å². The van der Waals surface area contributed by atoms with Crippen molar-refractivity contribution in [2.45, 2.75) is 26.7 Å². The summed E-state index contributed by atoms with van der Waals surface area (Å²) in [6.07, 6.45) is 1.78. The summed E-state index contributed by atoms with van der Waals surface area (Å²) in [4.78, 5) is 24.1. The fourth-order valence-corrected chi connectivity index (χ4v) is 2.19. The first-order chi connectivity index (χ1) is 12.6. The molecule has 2 aromatic rings. The van der Waals surface area contributed by atoms with E-state index >= 15 is 0 Å².